The Bertz CT molecular complexity index is 1070. The quantitative estimate of drug-likeness (QED) is 0.634. The fraction of sp³-hybridized carbons (Fsp3) is 0.200. The summed E-state index contributed by atoms with van der Waals surface area (Å²) in [6.07, 6.45) is 5.02. The number of carbonyl (C=O) groups excluding carboxylic acids is 3. The zero-order valence-corrected chi connectivity index (χ0v) is 15.5. The smallest absolute Gasteiger partial charge is 0.261 e. The number of aromatic nitrogens is 2. The van der Waals surface area contributed by atoms with Crippen molar-refractivity contribution >= 4 is 17.7 Å². The lowest BCUT2D eigenvalue weighted by molar-refractivity contribution is 0.0631. The zero-order valence-electron chi connectivity index (χ0n) is 15.5. The highest BCUT2D eigenvalue weighted by Crippen LogP contribution is 2.26. The molecule has 3 amide bonds. The number of furan rings is 1. The van der Waals surface area contributed by atoms with E-state index in [2.05, 4.69) is 5.10 Å². The van der Waals surface area contributed by atoms with Crippen LogP contribution in [0.25, 0.3) is 0 Å². The van der Waals surface area contributed by atoms with Crippen LogP contribution in [0.3, 0.4) is 0 Å². The molecule has 1 aromatic carbocycles. The van der Waals surface area contributed by atoms with E-state index in [1.54, 1.807) is 41.0 Å². The Balaban J connectivity index is 1.54. The monoisotopic (exact) mass is 378 g/mol. The van der Waals surface area contributed by atoms with Crippen LogP contribution in [0.4, 0.5) is 0 Å². The van der Waals surface area contributed by atoms with Gasteiger partial charge in [0.25, 0.3) is 17.7 Å². The van der Waals surface area contributed by atoms with Gasteiger partial charge < -0.3 is 9.32 Å². The zero-order chi connectivity index (χ0) is 19.8. The molecule has 0 unspecified atom stereocenters. The van der Waals surface area contributed by atoms with Gasteiger partial charge in [-0.3, -0.25) is 24.0 Å². The van der Waals surface area contributed by atoms with Crippen molar-refractivity contribution in [2.45, 2.75) is 13.1 Å². The molecular weight excluding hydrogens is 360 g/mol. The molecule has 2 aromatic heterocycles. The summed E-state index contributed by atoms with van der Waals surface area (Å²) < 4.78 is 6.90. The molecule has 0 aliphatic carbocycles. The summed E-state index contributed by atoms with van der Waals surface area (Å²) in [5.41, 5.74) is 1.78. The number of aryl methyl sites for hydroxylation is 1. The van der Waals surface area contributed by atoms with Gasteiger partial charge in [-0.15, -0.1) is 0 Å². The van der Waals surface area contributed by atoms with Crippen LogP contribution in [-0.4, -0.2) is 44.3 Å². The molecule has 0 radical (unpaired) electrons. The maximum atomic E-state index is 12.8. The number of hydrogen-bond donors (Lipinski definition) is 0. The minimum atomic E-state index is -0.430. The lowest BCUT2D eigenvalue weighted by Gasteiger charge is -2.16. The third kappa shape index (κ3) is 3.09. The average Bonchev–Trinajstić information content (AvgIpc) is 3.39. The third-order valence-electron chi connectivity index (χ3n) is 4.64. The number of rotatable bonds is 5. The maximum absolute atomic E-state index is 12.8. The van der Waals surface area contributed by atoms with E-state index in [9.17, 15) is 14.4 Å². The Hall–Kier alpha value is -3.68. The standard InChI is InChI=1S/C20H18N4O4/c1-22(10-13-9-21-23(2)11-13)18(25)14-5-6-16-17(8-14)20(27)24(19(16)26)12-15-4-3-7-28-15/h3-9,11H,10,12H2,1-2H3. The van der Waals surface area contributed by atoms with Crippen LogP contribution in [0.2, 0.25) is 0 Å². The molecule has 0 bridgehead atoms. The summed E-state index contributed by atoms with van der Waals surface area (Å²) in [6.45, 7) is 0.449. The number of carbonyl (C=O) groups is 3. The van der Waals surface area contributed by atoms with Crippen molar-refractivity contribution in [2.75, 3.05) is 7.05 Å². The van der Waals surface area contributed by atoms with Gasteiger partial charge in [-0.2, -0.15) is 5.10 Å². The van der Waals surface area contributed by atoms with E-state index in [1.165, 1.54) is 18.4 Å². The Morgan fingerprint density at radius 3 is 2.64 bits per heavy atom. The molecule has 4 rings (SSSR count). The first-order valence-electron chi connectivity index (χ1n) is 8.69. The molecule has 0 saturated heterocycles. The first-order chi connectivity index (χ1) is 13.4. The van der Waals surface area contributed by atoms with Crippen LogP contribution in [-0.2, 0) is 20.1 Å². The summed E-state index contributed by atoms with van der Waals surface area (Å²) in [7, 11) is 3.49. The van der Waals surface area contributed by atoms with Gasteiger partial charge in [0.05, 0.1) is 30.1 Å². The topological polar surface area (TPSA) is 88.7 Å². The van der Waals surface area contributed by atoms with Crippen LogP contribution >= 0.6 is 0 Å². The van der Waals surface area contributed by atoms with Crippen molar-refractivity contribution < 1.29 is 18.8 Å². The molecule has 0 atom stereocenters. The molecule has 3 heterocycles. The molecule has 0 N–H and O–H groups in total. The Kier molecular flexibility index (Phi) is 4.31. The van der Waals surface area contributed by atoms with Crippen LogP contribution in [0.5, 0.6) is 0 Å². The number of hydrogen-bond acceptors (Lipinski definition) is 5. The van der Waals surface area contributed by atoms with Crippen LogP contribution < -0.4 is 0 Å². The van der Waals surface area contributed by atoms with Gasteiger partial charge in [-0.1, -0.05) is 0 Å². The van der Waals surface area contributed by atoms with Crippen molar-refractivity contribution in [2.24, 2.45) is 7.05 Å². The second kappa shape index (κ2) is 6.80. The molecular formula is C20H18N4O4. The second-order valence-electron chi connectivity index (χ2n) is 6.72. The molecule has 3 aromatic rings. The molecule has 0 saturated carbocycles. The minimum Gasteiger partial charge on any atom is -0.467 e. The number of imide groups is 1. The van der Waals surface area contributed by atoms with Gasteiger partial charge in [0, 0.05) is 38.0 Å². The molecule has 8 heteroatoms. The second-order valence-corrected chi connectivity index (χ2v) is 6.72. The maximum Gasteiger partial charge on any atom is 0.261 e. The van der Waals surface area contributed by atoms with E-state index in [0.717, 1.165) is 10.5 Å². The van der Waals surface area contributed by atoms with Crippen LogP contribution in [0.15, 0.2) is 53.4 Å². The Morgan fingerprint density at radius 1 is 1.18 bits per heavy atom. The first-order valence-corrected chi connectivity index (χ1v) is 8.69. The third-order valence-corrected chi connectivity index (χ3v) is 4.64. The molecule has 28 heavy (non-hydrogen) atoms. The largest absolute Gasteiger partial charge is 0.467 e. The highest BCUT2D eigenvalue weighted by molar-refractivity contribution is 6.21. The van der Waals surface area contributed by atoms with Crippen LogP contribution in [0.1, 0.15) is 42.4 Å². The number of fused-ring (bicyclic) bond motifs is 1. The lowest BCUT2D eigenvalue weighted by atomic mass is 10.0. The van der Waals surface area contributed by atoms with E-state index >= 15 is 0 Å². The fourth-order valence-electron chi connectivity index (χ4n) is 3.25. The summed E-state index contributed by atoms with van der Waals surface area (Å²) >= 11 is 0. The highest BCUT2D eigenvalue weighted by atomic mass is 16.3. The van der Waals surface area contributed by atoms with Gasteiger partial charge in [0.1, 0.15) is 5.76 Å². The number of amides is 3. The number of nitrogens with zero attached hydrogens (tertiary/aromatic N) is 4. The lowest BCUT2D eigenvalue weighted by Crippen LogP contribution is -2.29. The Morgan fingerprint density at radius 2 is 1.96 bits per heavy atom. The molecule has 142 valence electrons. The summed E-state index contributed by atoms with van der Waals surface area (Å²) in [5.74, 6) is -0.543. The molecule has 0 fully saturated rings. The van der Waals surface area contributed by atoms with Gasteiger partial charge >= 0.3 is 0 Å². The van der Waals surface area contributed by atoms with E-state index in [4.69, 9.17) is 4.42 Å². The van der Waals surface area contributed by atoms with Gasteiger partial charge in [0.2, 0.25) is 0 Å². The summed E-state index contributed by atoms with van der Waals surface area (Å²) in [4.78, 5) is 40.7. The van der Waals surface area contributed by atoms with Gasteiger partial charge in [0.15, 0.2) is 0 Å². The predicted octanol–water partition coefficient (Wildman–Crippen LogP) is 2.08. The molecule has 1 aliphatic heterocycles. The normalized spacial score (nSPS) is 13.1. The SMILES string of the molecule is CN(Cc1cnn(C)c1)C(=O)c1ccc2c(c1)C(=O)N(Cc1ccco1)C2=O. The average molecular weight is 378 g/mol. The number of benzene rings is 1. The van der Waals surface area contributed by atoms with Crippen molar-refractivity contribution in [3.05, 3.63) is 77.0 Å². The predicted molar refractivity (Wildman–Crippen MR) is 98.4 cm³/mol. The van der Waals surface area contributed by atoms with E-state index < -0.39 is 5.91 Å². The van der Waals surface area contributed by atoms with Gasteiger partial charge in [-0.25, -0.2) is 0 Å². The first kappa shape index (κ1) is 17.7. The van der Waals surface area contributed by atoms with E-state index in [-0.39, 0.29) is 23.9 Å². The van der Waals surface area contributed by atoms with E-state index in [0.29, 0.717) is 23.4 Å². The van der Waals surface area contributed by atoms with Crippen molar-refractivity contribution in [3.63, 3.8) is 0 Å². The molecule has 8 nitrogen and oxygen atoms in total. The highest BCUT2D eigenvalue weighted by Gasteiger charge is 2.36. The fourth-order valence-corrected chi connectivity index (χ4v) is 3.25. The van der Waals surface area contributed by atoms with Crippen molar-refractivity contribution in [3.8, 4) is 0 Å². The minimum absolute atomic E-state index is 0.0591. The van der Waals surface area contributed by atoms with Crippen molar-refractivity contribution in [1.29, 1.82) is 0 Å². The Labute approximate surface area is 161 Å². The summed E-state index contributed by atoms with van der Waals surface area (Å²) in [6, 6.07) is 7.99. The molecule has 0 spiro atoms. The van der Waals surface area contributed by atoms with E-state index in [1.807, 2.05) is 13.2 Å². The summed E-state index contributed by atoms with van der Waals surface area (Å²) in [5, 5.41) is 4.09. The molecule has 1 aliphatic rings. The van der Waals surface area contributed by atoms with Gasteiger partial charge in [-0.05, 0) is 30.3 Å². The van der Waals surface area contributed by atoms with Crippen molar-refractivity contribution in [1.82, 2.24) is 19.6 Å². The van der Waals surface area contributed by atoms with Crippen LogP contribution in [0, 0.1) is 0 Å².